The van der Waals surface area contributed by atoms with E-state index in [9.17, 15) is 4.79 Å². The van der Waals surface area contributed by atoms with Gasteiger partial charge in [-0.25, -0.2) is 9.97 Å². The molecule has 1 amide bonds. The van der Waals surface area contributed by atoms with Crippen molar-refractivity contribution in [3.8, 4) is 5.88 Å². The van der Waals surface area contributed by atoms with Crippen LogP contribution in [0, 0.1) is 0 Å². The van der Waals surface area contributed by atoms with Gasteiger partial charge in [-0.15, -0.1) is 0 Å². The number of hydrogen-bond donors (Lipinski definition) is 0. The molecule has 1 unspecified atom stereocenters. The Hall–Kier alpha value is -3.09. The summed E-state index contributed by atoms with van der Waals surface area (Å²) in [6.07, 6.45) is 6.90. The zero-order valence-corrected chi connectivity index (χ0v) is 13.9. The average molecular weight is 337 g/mol. The maximum atomic E-state index is 12.9. The van der Waals surface area contributed by atoms with Crippen molar-refractivity contribution in [2.45, 2.75) is 19.2 Å². The number of hydrogen-bond acceptors (Lipinski definition) is 4. The number of carbonyl (C=O) groups excluding carboxylic acids is 1. The van der Waals surface area contributed by atoms with Crippen LogP contribution < -0.4 is 4.74 Å². The minimum atomic E-state index is -0.184. The number of aryl methyl sites for hydroxylation is 1. The topological polar surface area (TPSA) is 65.2 Å². The first-order chi connectivity index (χ1) is 12.2. The predicted molar refractivity (Wildman–Crippen MR) is 91.0 cm³/mol. The highest BCUT2D eigenvalue weighted by atomic mass is 16.5. The number of imidazole rings is 1. The number of ether oxygens (including phenoxy) is 1. The molecule has 4 rings (SSSR count). The fraction of sp³-hybridized carbons (Fsp3) is 0.278. The van der Waals surface area contributed by atoms with Gasteiger partial charge >= 0.3 is 0 Å². The summed E-state index contributed by atoms with van der Waals surface area (Å²) in [5, 5.41) is 0. The molecule has 3 aromatic rings. The Balaban J connectivity index is 1.60. The molecule has 25 heavy (non-hydrogen) atoms. The first kappa shape index (κ1) is 15.4. The summed E-state index contributed by atoms with van der Waals surface area (Å²) in [5.41, 5.74) is 1.52. The standard InChI is InChI=1S/C18H19N5O2/c1-21-12-16(20-13-21)18(24)23-9-14-5-4-8-22(14)10-15(11-23)25-17-6-2-3-7-19-17/h2-8,12-13,15H,9-11H2,1H3. The van der Waals surface area contributed by atoms with Crippen molar-refractivity contribution in [3.63, 3.8) is 0 Å². The number of aromatic nitrogens is 4. The molecule has 1 atom stereocenters. The van der Waals surface area contributed by atoms with Crippen LogP contribution >= 0.6 is 0 Å². The van der Waals surface area contributed by atoms with Gasteiger partial charge < -0.3 is 18.8 Å². The van der Waals surface area contributed by atoms with Crippen LogP contribution in [0.3, 0.4) is 0 Å². The van der Waals surface area contributed by atoms with E-state index in [1.807, 2.05) is 43.6 Å². The largest absolute Gasteiger partial charge is 0.471 e. The smallest absolute Gasteiger partial charge is 0.274 e. The third-order valence-electron chi connectivity index (χ3n) is 4.24. The number of nitrogens with zero attached hydrogens (tertiary/aromatic N) is 5. The summed E-state index contributed by atoms with van der Waals surface area (Å²) in [4.78, 5) is 23.1. The zero-order valence-electron chi connectivity index (χ0n) is 13.9. The lowest BCUT2D eigenvalue weighted by Gasteiger charge is -2.23. The highest BCUT2D eigenvalue weighted by Crippen LogP contribution is 2.18. The van der Waals surface area contributed by atoms with Gasteiger partial charge in [0.25, 0.3) is 5.91 Å². The van der Waals surface area contributed by atoms with Crippen molar-refractivity contribution in [1.29, 1.82) is 0 Å². The van der Waals surface area contributed by atoms with E-state index >= 15 is 0 Å². The van der Waals surface area contributed by atoms with Crippen LogP contribution in [0.15, 0.2) is 55.2 Å². The zero-order chi connectivity index (χ0) is 17.2. The Bertz CT molecular complexity index is 870. The van der Waals surface area contributed by atoms with Crippen LogP contribution in [0.5, 0.6) is 5.88 Å². The highest BCUT2D eigenvalue weighted by Gasteiger charge is 2.27. The monoisotopic (exact) mass is 337 g/mol. The van der Waals surface area contributed by atoms with E-state index in [0.717, 1.165) is 5.69 Å². The first-order valence-corrected chi connectivity index (χ1v) is 8.18. The number of rotatable bonds is 3. The molecule has 0 aliphatic carbocycles. The summed E-state index contributed by atoms with van der Waals surface area (Å²) in [7, 11) is 1.85. The molecule has 1 aliphatic heterocycles. The number of pyridine rings is 1. The summed E-state index contributed by atoms with van der Waals surface area (Å²) in [6, 6.07) is 9.58. The van der Waals surface area contributed by atoms with E-state index in [1.165, 1.54) is 0 Å². The molecule has 0 bridgehead atoms. The van der Waals surface area contributed by atoms with Crippen molar-refractivity contribution < 1.29 is 9.53 Å². The second kappa shape index (κ2) is 6.43. The summed E-state index contributed by atoms with van der Waals surface area (Å²) >= 11 is 0. The van der Waals surface area contributed by atoms with Crippen molar-refractivity contribution in [3.05, 3.63) is 66.6 Å². The molecule has 0 saturated carbocycles. The molecule has 0 N–H and O–H groups in total. The Kier molecular flexibility index (Phi) is 3.97. The van der Waals surface area contributed by atoms with Crippen molar-refractivity contribution >= 4 is 5.91 Å². The van der Waals surface area contributed by atoms with E-state index in [-0.39, 0.29) is 12.0 Å². The van der Waals surface area contributed by atoms with E-state index in [4.69, 9.17) is 4.74 Å². The molecule has 0 spiro atoms. The van der Waals surface area contributed by atoms with Gasteiger partial charge in [0, 0.05) is 37.4 Å². The molecule has 0 radical (unpaired) electrons. The summed E-state index contributed by atoms with van der Waals surface area (Å²) in [6.45, 7) is 1.68. The second-order valence-corrected chi connectivity index (χ2v) is 6.17. The van der Waals surface area contributed by atoms with Gasteiger partial charge in [-0.05, 0) is 18.2 Å². The van der Waals surface area contributed by atoms with Crippen LogP contribution in [0.4, 0.5) is 0 Å². The maximum Gasteiger partial charge on any atom is 0.274 e. The van der Waals surface area contributed by atoms with Gasteiger partial charge in [0.15, 0.2) is 0 Å². The van der Waals surface area contributed by atoms with Gasteiger partial charge in [-0.2, -0.15) is 0 Å². The van der Waals surface area contributed by atoms with E-state index in [2.05, 4.69) is 14.5 Å². The normalized spacial score (nSPS) is 17.0. The van der Waals surface area contributed by atoms with Gasteiger partial charge in [0.2, 0.25) is 5.88 Å². The molecule has 4 heterocycles. The second-order valence-electron chi connectivity index (χ2n) is 6.17. The Morgan fingerprint density at radius 1 is 1.20 bits per heavy atom. The van der Waals surface area contributed by atoms with Crippen molar-refractivity contribution in [2.24, 2.45) is 7.05 Å². The number of carbonyl (C=O) groups is 1. The van der Waals surface area contributed by atoms with Gasteiger partial charge in [-0.3, -0.25) is 4.79 Å². The minimum Gasteiger partial charge on any atom is -0.471 e. The Labute approximate surface area is 145 Å². The van der Waals surface area contributed by atoms with E-state index < -0.39 is 0 Å². The Morgan fingerprint density at radius 3 is 2.88 bits per heavy atom. The molecule has 7 nitrogen and oxygen atoms in total. The van der Waals surface area contributed by atoms with Crippen LogP contribution in [0.1, 0.15) is 16.2 Å². The molecule has 0 aromatic carbocycles. The first-order valence-electron chi connectivity index (χ1n) is 8.18. The fourth-order valence-electron chi connectivity index (χ4n) is 3.06. The van der Waals surface area contributed by atoms with E-state index in [0.29, 0.717) is 31.2 Å². The lowest BCUT2D eigenvalue weighted by atomic mass is 10.3. The minimum absolute atomic E-state index is 0.0927. The van der Waals surface area contributed by atoms with Crippen LogP contribution in [-0.2, 0) is 20.1 Å². The SMILES string of the molecule is Cn1cnc(C(=O)N2Cc3cccn3CC(Oc3ccccn3)C2)c1. The fourth-order valence-corrected chi connectivity index (χ4v) is 3.06. The van der Waals surface area contributed by atoms with Gasteiger partial charge in [0.05, 0.1) is 26.0 Å². The lowest BCUT2D eigenvalue weighted by Crippen LogP contribution is -2.38. The summed E-state index contributed by atoms with van der Waals surface area (Å²) < 4.78 is 9.93. The highest BCUT2D eigenvalue weighted by molar-refractivity contribution is 5.92. The van der Waals surface area contributed by atoms with Crippen LogP contribution in [0.2, 0.25) is 0 Å². The number of fused-ring (bicyclic) bond motifs is 1. The predicted octanol–water partition coefficient (Wildman–Crippen LogP) is 1.72. The molecule has 0 saturated heterocycles. The van der Waals surface area contributed by atoms with Crippen LogP contribution in [0.25, 0.3) is 0 Å². The maximum absolute atomic E-state index is 12.9. The van der Waals surface area contributed by atoms with Crippen LogP contribution in [-0.4, -0.2) is 42.6 Å². The number of amides is 1. The molecule has 128 valence electrons. The molecular formula is C18H19N5O2. The molecule has 1 aliphatic rings. The lowest BCUT2D eigenvalue weighted by molar-refractivity contribution is 0.0641. The molecule has 3 aromatic heterocycles. The average Bonchev–Trinajstić information content (AvgIpc) is 3.20. The third-order valence-corrected chi connectivity index (χ3v) is 4.24. The van der Waals surface area contributed by atoms with Gasteiger partial charge in [-0.1, -0.05) is 6.07 Å². The van der Waals surface area contributed by atoms with E-state index in [1.54, 1.807) is 28.2 Å². The quantitative estimate of drug-likeness (QED) is 0.730. The molecule has 0 fully saturated rings. The van der Waals surface area contributed by atoms with Crippen molar-refractivity contribution in [1.82, 2.24) is 24.0 Å². The Morgan fingerprint density at radius 2 is 2.12 bits per heavy atom. The molecule has 7 heteroatoms. The van der Waals surface area contributed by atoms with Crippen molar-refractivity contribution in [2.75, 3.05) is 6.54 Å². The van der Waals surface area contributed by atoms with Gasteiger partial charge in [0.1, 0.15) is 11.8 Å². The third kappa shape index (κ3) is 3.26. The summed E-state index contributed by atoms with van der Waals surface area (Å²) in [5.74, 6) is 0.471. The molecular weight excluding hydrogens is 318 g/mol.